The zero-order chi connectivity index (χ0) is 15.0. The van der Waals surface area contributed by atoms with Crippen LogP contribution in [0.2, 0.25) is 0 Å². The highest BCUT2D eigenvalue weighted by atomic mass is 79.9. The van der Waals surface area contributed by atoms with Gasteiger partial charge in [-0.05, 0) is 46.6 Å². The van der Waals surface area contributed by atoms with Crippen LogP contribution in [-0.4, -0.2) is 21.5 Å². The van der Waals surface area contributed by atoms with Crippen molar-refractivity contribution in [3.8, 4) is 5.75 Å². The minimum atomic E-state index is 0.792. The Bertz CT molecular complexity index is 788. The number of aryl methyl sites for hydroxylation is 2. The normalized spacial score (nSPS) is 11.2. The number of methoxy groups -OCH3 is 1. The molecular weight excluding hydrogens is 330 g/mol. The molecule has 0 saturated carbocycles. The molecule has 3 aromatic rings. The lowest BCUT2D eigenvalue weighted by molar-refractivity contribution is 0.415. The molecule has 0 aliphatic rings. The van der Waals surface area contributed by atoms with E-state index in [9.17, 15) is 0 Å². The fourth-order valence-electron chi connectivity index (χ4n) is 2.60. The van der Waals surface area contributed by atoms with Crippen molar-refractivity contribution < 1.29 is 4.74 Å². The number of hydrogen-bond donors (Lipinski definition) is 0. The fraction of sp³-hybridized carbons (Fsp3) is 0.312. The first kappa shape index (κ1) is 14.2. The molecule has 4 nitrogen and oxygen atoms in total. The zero-order valence-corrected chi connectivity index (χ0v) is 14.0. The summed E-state index contributed by atoms with van der Waals surface area (Å²) in [6.07, 6.45) is 3.03. The average molecular weight is 348 g/mol. The highest BCUT2D eigenvalue weighted by Crippen LogP contribution is 2.26. The number of rotatable bonds is 4. The van der Waals surface area contributed by atoms with Crippen LogP contribution in [-0.2, 0) is 20.0 Å². The predicted molar refractivity (Wildman–Crippen MR) is 87.9 cm³/mol. The quantitative estimate of drug-likeness (QED) is 0.719. The molecule has 0 N–H and O–H groups in total. The smallest absolute Gasteiger partial charge is 0.119 e. The van der Waals surface area contributed by atoms with Crippen molar-refractivity contribution in [2.24, 2.45) is 7.05 Å². The van der Waals surface area contributed by atoms with E-state index in [-0.39, 0.29) is 0 Å². The van der Waals surface area contributed by atoms with Crippen LogP contribution in [0.1, 0.15) is 18.3 Å². The Balaban J connectivity index is 2.01. The number of ether oxygens (including phenoxy) is 1. The van der Waals surface area contributed by atoms with Gasteiger partial charge in [0.1, 0.15) is 5.75 Å². The van der Waals surface area contributed by atoms with Crippen molar-refractivity contribution in [3.05, 3.63) is 46.3 Å². The van der Waals surface area contributed by atoms with Crippen molar-refractivity contribution >= 4 is 26.8 Å². The number of hydrogen-bond acceptors (Lipinski definition) is 2. The number of nitrogens with zero attached hydrogens (tertiary/aromatic N) is 3. The first-order valence-electron chi connectivity index (χ1n) is 6.97. The van der Waals surface area contributed by atoms with Gasteiger partial charge in [0.05, 0.1) is 29.5 Å². The number of fused-ring (bicyclic) bond motifs is 1. The van der Waals surface area contributed by atoms with Crippen LogP contribution >= 0.6 is 15.9 Å². The van der Waals surface area contributed by atoms with Crippen molar-refractivity contribution in [2.45, 2.75) is 19.9 Å². The highest BCUT2D eigenvalue weighted by molar-refractivity contribution is 9.10. The molecule has 1 aromatic carbocycles. The minimum Gasteiger partial charge on any atom is -0.497 e. The number of aromatic nitrogens is 3. The highest BCUT2D eigenvalue weighted by Gasteiger charge is 2.13. The van der Waals surface area contributed by atoms with Gasteiger partial charge in [-0.2, -0.15) is 5.10 Å². The van der Waals surface area contributed by atoms with Crippen LogP contribution in [0.4, 0.5) is 0 Å². The first-order valence-corrected chi connectivity index (χ1v) is 7.76. The first-order chi connectivity index (χ1) is 10.1. The second kappa shape index (κ2) is 5.56. The molecule has 0 aliphatic carbocycles. The van der Waals surface area contributed by atoms with Gasteiger partial charge in [-0.15, -0.1) is 0 Å². The summed E-state index contributed by atoms with van der Waals surface area (Å²) in [5.41, 5.74) is 3.48. The molecule has 0 bridgehead atoms. The van der Waals surface area contributed by atoms with Gasteiger partial charge < -0.3 is 9.30 Å². The molecule has 0 aliphatic heterocycles. The second-order valence-corrected chi connectivity index (χ2v) is 5.85. The van der Waals surface area contributed by atoms with Crippen molar-refractivity contribution in [3.63, 3.8) is 0 Å². The summed E-state index contributed by atoms with van der Waals surface area (Å²) in [7, 11) is 3.69. The second-order valence-electron chi connectivity index (χ2n) is 5.05. The average Bonchev–Trinajstić information content (AvgIpc) is 3.02. The zero-order valence-electron chi connectivity index (χ0n) is 12.4. The van der Waals surface area contributed by atoms with Gasteiger partial charge in [-0.1, -0.05) is 6.92 Å². The van der Waals surface area contributed by atoms with E-state index in [0.717, 1.165) is 28.9 Å². The number of benzene rings is 1. The third-order valence-electron chi connectivity index (χ3n) is 3.80. The monoisotopic (exact) mass is 347 g/mol. The summed E-state index contributed by atoms with van der Waals surface area (Å²) in [4.78, 5) is 0. The number of halogens is 1. The summed E-state index contributed by atoms with van der Waals surface area (Å²) < 4.78 is 10.6. The standard InChI is InChI=1S/C16H18BrN3O/c1-4-13-16(17)15(19(2)18-13)10-20-8-7-11-9-12(21-3)5-6-14(11)20/h5-9H,4,10H2,1-3H3. The van der Waals surface area contributed by atoms with E-state index in [2.05, 4.69) is 56.9 Å². The Morgan fingerprint density at radius 1 is 1.29 bits per heavy atom. The molecule has 0 saturated heterocycles. The third-order valence-corrected chi connectivity index (χ3v) is 4.72. The minimum absolute atomic E-state index is 0.792. The van der Waals surface area contributed by atoms with Crippen LogP contribution in [0, 0.1) is 0 Å². The van der Waals surface area contributed by atoms with Crippen molar-refractivity contribution in [1.29, 1.82) is 0 Å². The third kappa shape index (κ3) is 2.46. The van der Waals surface area contributed by atoms with Crippen LogP contribution in [0.3, 0.4) is 0 Å². The van der Waals surface area contributed by atoms with E-state index in [4.69, 9.17) is 4.74 Å². The molecule has 21 heavy (non-hydrogen) atoms. The van der Waals surface area contributed by atoms with E-state index < -0.39 is 0 Å². The predicted octanol–water partition coefficient (Wildman–Crippen LogP) is 3.76. The van der Waals surface area contributed by atoms with E-state index in [1.807, 2.05) is 17.8 Å². The van der Waals surface area contributed by atoms with E-state index in [1.165, 1.54) is 16.6 Å². The SMILES string of the molecule is CCc1nn(C)c(Cn2ccc3cc(OC)ccc32)c1Br. The maximum absolute atomic E-state index is 5.28. The van der Waals surface area contributed by atoms with E-state index >= 15 is 0 Å². The fourth-order valence-corrected chi connectivity index (χ4v) is 3.34. The van der Waals surface area contributed by atoms with E-state index in [0.29, 0.717) is 0 Å². The van der Waals surface area contributed by atoms with Crippen LogP contribution < -0.4 is 4.74 Å². The lowest BCUT2D eigenvalue weighted by Gasteiger charge is -2.07. The molecule has 0 spiro atoms. The summed E-state index contributed by atoms with van der Waals surface area (Å²) in [6.45, 7) is 2.91. The Kier molecular flexibility index (Phi) is 3.76. The maximum Gasteiger partial charge on any atom is 0.119 e. The van der Waals surface area contributed by atoms with Gasteiger partial charge in [0, 0.05) is 24.1 Å². The summed E-state index contributed by atoms with van der Waals surface area (Å²) in [5.74, 6) is 0.884. The molecule has 5 heteroatoms. The molecule has 0 radical (unpaired) electrons. The van der Waals surface area contributed by atoms with Gasteiger partial charge in [0.2, 0.25) is 0 Å². The molecule has 0 atom stereocenters. The van der Waals surface area contributed by atoms with Crippen molar-refractivity contribution in [1.82, 2.24) is 14.3 Å². The lowest BCUT2D eigenvalue weighted by Crippen LogP contribution is -2.05. The maximum atomic E-state index is 5.28. The Labute approximate surface area is 132 Å². The molecule has 0 amide bonds. The molecule has 3 rings (SSSR count). The van der Waals surface area contributed by atoms with Gasteiger partial charge >= 0.3 is 0 Å². The van der Waals surface area contributed by atoms with Gasteiger partial charge in [0.25, 0.3) is 0 Å². The summed E-state index contributed by atoms with van der Waals surface area (Å²) >= 11 is 3.68. The Morgan fingerprint density at radius 2 is 2.10 bits per heavy atom. The van der Waals surface area contributed by atoms with Gasteiger partial charge in [-0.25, -0.2) is 0 Å². The molecule has 2 heterocycles. The van der Waals surface area contributed by atoms with Gasteiger partial charge in [0.15, 0.2) is 0 Å². The summed E-state index contributed by atoms with van der Waals surface area (Å²) in [6, 6.07) is 8.26. The van der Waals surface area contributed by atoms with Crippen LogP contribution in [0.15, 0.2) is 34.9 Å². The Morgan fingerprint density at radius 3 is 2.76 bits per heavy atom. The van der Waals surface area contributed by atoms with Gasteiger partial charge in [-0.3, -0.25) is 4.68 Å². The molecular formula is C16H18BrN3O. The Hall–Kier alpha value is -1.75. The topological polar surface area (TPSA) is 32.0 Å². The van der Waals surface area contributed by atoms with Crippen LogP contribution in [0.25, 0.3) is 10.9 Å². The van der Waals surface area contributed by atoms with Crippen molar-refractivity contribution in [2.75, 3.05) is 7.11 Å². The van der Waals surface area contributed by atoms with Crippen LogP contribution in [0.5, 0.6) is 5.75 Å². The molecule has 2 aromatic heterocycles. The molecule has 0 unspecified atom stereocenters. The van der Waals surface area contributed by atoms with E-state index in [1.54, 1.807) is 7.11 Å². The summed E-state index contributed by atoms with van der Waals surface area (Å²) in [5, 5.41) is 5.74. The lowest BCUT2D eigenvalue weighted by atomic mass is 10.2. The molecule has 0 fully saturated rings. The molecule has 110 valence electrons. The largest absolute Gasteiger partial charge is 0.497 e.